The van der Waals surface area contributed by atoms with Gasteiger partial charge in [0.1, 0.15) is 0 Å². The Hall–Kier alpha value is -0.720. The van der Waals surface area contributed by atoms with Crippen LogP contribution < -0.4 is 0 Å². The Morgan fingerprint density at radius 2 is 1.56 bits per heavy atom. The normalized spacial score (nSPS) is 19.7. The van der Waals surface area contributed by atoms with Gasteiger partial charge in [0, 0.05) is 17.9 Å². The zero-order valence-electron chi connectivity index (χ0n) is 10.9. The molecule has 2 heterocycles. The monoisotopic (exact) mass is 217 g/mol. The van der Waals surface area contributed by atoms with Crippen molar-refractivity contribution in [1.29, 1.82) is 0 Å². The molecular formula is C15H23N. The van der Waals surface area contributed by atoms with E-state index in [-0.39, 0.29) is 0 Å². The predicted molar refractivity (Wildman–Crippen MR) is 68.1 cm³/mol. The Labute approximate surface area is 98.9 Å². The average molecular weight is 217 g/mol. The van der Waals surface area contributed by atoms with E-state index in [1.54, 1.807) is 22.5 Å². The first kappa shape index (κ1) is 10.4. The van der Waals surface area contributed by atoms with Crippen molar-refractivity contribution in [2.45, 2.75) is 71.3 Å². The maximum absolute atomic E-state index is 2.66. The quantitative estimate of drug-likeness (QED) is 0.625. The topological polar surface area (TPSA) is 4.93 Å². The van der Waals surface area contributed by atoms with E-state index in [1.807, 2.05) is 0 Å². The molecule has 0 aromatic carbocycles. The summed E-state index contributed by atoms with van der Waals surface area (Å²) >= 11 is 0. The minimum absolute atomic E-state index is 0.340. The standard InChI is InChI=1S/C15H23N/c1-15(2,3)14-11-7-4-5-8-12(11)16-10-6-9-13(14)16/h4-10H2,1-3H3. The van der Waals surface area contributed by atoms with Crippen molar-refractivity contribution >= 4 is 0 Å². The van der Waals surface area contributed by atoms with Crippen molar-refractivity contribution in [3.63, 3.8) is 0 Å². The number of aromatic nitrogens is 1. The van der Waals surface area contributed by atoms with E-state index in [0.29, 0.717) is 5.41 Å². The lowest BCUT2D eigenvalue weighted by Crippen LogP contribution is -2.16. The first-order valence-corrected chi connectivity index (χ1v) is 6.82. The fraction of sp³-hybridized carbons (Fsp3) is 0.733. The third-order valence-corrected chi connectivity index (χ3v) is 4.23. The molecule has 2 aliphatic rings. The van der Waals surface area contributed by atoms with E-state index < -0.39 is 0 Å². The number of nitrogens with zero attached hydrogens (tertiary/aromatic N) is 1. The summed E-state index contributed by atoms with van der Waals surface area (Å²) in [6.07, 6.45) is 8.16. The van der Waals surface area contributed by atoms with Crippen LogP contribution in [-0.4, -0.2) is 4.57 Å². The molecule has 1 aromatic rings. The lowest BCUT2D eigenvalue weighted by Gasteiger charge is -2.23. The van der Waals surface area contributed by atoms with Gasteiger partial charge in [0.2, 0.25) is 0 Å². The summed E-state index contributed by atoms with van der Waals surface area (Å²) in [7, 11) is 0. The van der Waals surface area contributed by atoms with Crippen LogP contribution in [0.25, 0.3) is 0 Å². The maximum Gasteiger partial charge on any atom is 0.0228 e. The molecular weight excluding hydrogens is 194 g/mol. The van der Waals surface area contributed by atoms with E-state index in [0.717, 1.165) is 0 Å². The van der Waals surface area contributed by atoms with Crippen LogP contribution in [0.3, 0.4) is 0 Å². The van der Waals surface area contributed by atoms with Crippen LogP contribution in [0.5, 0.6) is 0 Å². The Balaban J connectivity index is 2.23. The Morgan fingerprint density at radius 3 is 2.31 bits per heavy atom. The molecule has 1 aromatic heterocycles. The van der Waals surface area contributed by atoms with E-state index in [1.165, 1.54) is 45.1 Å². The van der Waals surface area contributed by atoms with Crippen LogP contribution in [0.2, 0.25) is 0 Å². The summed E-state index contributed by atoms with van der Waals surface area (Å²) < 4.78 is 2.66. The fourth-order valence-electron chi connectivity index (χ4n) is 3.75. The molecule has 0 atom stereocenters. The molecule has 0 spiro atoms. The average Bonchev–Trinajstić information content (AvgIpc) is 2.73. The Bertz CT molecular complexity index is 418. The lowest BCUT2D eigenvalue weighted by atomic mass is 9.80. The summed E-state index contributed by atoms with van der Waals surface area (Å²) in [6, 6.07) is 0. The van der Waals surface area contributed by atoms with E-state index in [9.17, 15) is 0 Å². The highest BCUT2D eigenvalue weighted by Gasteiger charge is 2.32. The molecule has 16 heavy (non-hydrogen) atoms. The molecule has 0 radical (unpaired) electrons. The molecule has 0 saturated heterocycles. The zero-order chi connectivity index (χ0) is 11.3. The van der Waals surface area contributed by atoms with Crippen LogP contribution in [0.4, 0.5) is 0 Å². The van der Waals surface area contributed by atoms with E-state index in [2.05, 4.69) is 25.3 Å². The molecule has 1 nitrogen and oxygen atoms in total. The van der Waals surface area contributed by atoms with Gasteiger partial charge in [0.05, 0.1) is 0 Å². The third kappa shape index (κ3) is 1.37. The molecule has 0 saturated carbocycles. The second-order valence-electron chi connectivity index (χ2n) is 6.46. The minimum Gasteiger partial charge on any atom is -0.348 e. The molecule has 3 rings (SSSR count). The highest BCUT2D eigenvalue weighted by molar-refractivity contribution is 5.45. The lowest BCUT2D eigenvalue weighted by molar-refractivity contribution is 0.567. The zero-order valence-corrected chi connectivity index (χ0v) is 10.9. The molecule has 1 aliphatic heterocycles. The molecule has 1 heteroatoms. The largest absolute Gasteiger partial charge is 0.348 e. The van der Waals surface area contributed by atoms with Gasteiger partial charge in [-0.15, -0.1) is 0 Å². The van der Waals surface area contributed by atoms with Gasteiger partial charge in [-0.1, -0.05) is 20.8 Å². The predicted octanol–water partition coefficient (Wildman–Crippen LogP) is 3.61. The second-order valence-corrected chi connectivity index (χ2v) is 6.46. The number of fused-ring (bicyclic) bond motifs is 3. The van der Waals surface area contributed by atoms with Crippen LogP contribution >= 0.6 is 0 Å². The van der Waals surface area contributed by atoms with Crippen molar-refractivity contribution < 1.29 is 0 Å². The van der Waals surface area contributed by atoms with Crippen LogP contribution in [-0.2, 0) is 31.2 Å². The molecule has 0 unspecified atom stereocenters. The van der Waals surface area contributed by atoms with Gasteiger partial charge in [-0.2, -0.15) is 0 Å². The highest BCUT2D eigenvalue weighted by atomic mass is 15.0. The van der Waals surface area contributed by atoms with Gasteiger partial charge in [-0.25, -0.2) is 0 Å². The Kier molecular flexibility index (Phi) is 2.21. The van der Waals surface area contributed by atoms with Gasteiger partial charge < -0.3 is 4.57 Å². The van der Waals surface area contributed by atoms with Crippen LogP contribution in [0.15, 0.2) is 0 Å². The number of rotatable bonds is 0. The summed E-state index contributed by atoms with van der Waals surface area (Å²) in [6.45, 7) is 8.44. The first-order chi connectivity index (χ1) is 7.59. The highest BCUT2D eigenvalue weighted by Crippen LogP contribution is 2.40. The third-order valence-electron chi connectivity index (χ3n) is 4.23. The van der Waals surface area contributed by atoms with Crippen molar-refractivity contribution in [1.82, 2.24) is 4.57 Å². The van der Waals surface area contributed by atoms with Gasteiger partial charge in [-0.05, 0) is 55.1 Å². The molecule has 0 amide bonds. The summed E-state index contributed by atoms with van der Waals surface area (Å²) in [4.78, 5) is 0. The SMILES string of the molecule is CC(C)(C)c1c2c(n3c1CCC3)CCCC2. The molecule has 0 N–H and O–H groups in total. The second kappa shape index (κ2) is 3.38. The van der Waals surface area contributed by atoms with Crippen molar-refractivity contribution in [3.8, 4) is 0 Å². The van der Waals surface area contributed by atoms with Crippen molar-refractivity contribution in [2.24, 2.45) is 0 Å². The van der Waals surface area contributed by atoms with Crippen LogP contribution in [0, 0.1) is 0 Å². The van der Waals surface area contributed by atoms with Gasteiger partial charge >= 0.3 is 0 Å². The molecule has 1 aliphatic carbocycles. The van der Waals surface area contributed by atoms with E-state index in [4.69, 9.17) is 0 Å². The van der Waals surface area contributed by atoms with Crippen molar-refractivity contribution in [3.05, 3.63) is 22.5 Å². The molecule has 0 bridgehead atoms. The maximum atomic E-state index is 2.66. The smallest absolute Gasteiger partial charge is 0.0228 e. The van der Waals surface area contributed by atoms with Crippen molar-refractivity contribution in [2.75, 3.05) is 0 Å². The molecule has 0 fully saturated rings. The fourth-order valence-corrected chi connectivity index (χ4v) is 3.75. The van der Waals surface area contributed by atoms with Crippen LogP contribution in [0.1, 0.15) is 62.5 Å². The molecule has 88 valence electrons. The van der Waals surface area contributed by atoms with E-state index >= 15 is 0 Å². The minimum atomic E-state index is 0.340. The van der Waals surface area contributed by atoms with Gasteiger partial charge in [0.25, 0.3) is 0 Å². The van der Waals surface area contributed by atoms with Gasteiger partial charge in [0.15, 0.2) is 0 Å². The Morgan fingerprint density at radius 1 is 0.875 bits per heavy atom. The summed E-state index contributed by atoms with van der Waals surface area (Å²) in [5.74, 6) is 0. The van der Waals surface area contributed by atoms with Gasteiger partial charge in [-0.3, -0.25) is 0 Å². The summed E-state index contributed by atoms with van der Waals surface area (Å²) in [5, 5.41) is 0. The number of hydrogen-bond acceptors (Lipinski definition) is 0. The first-order valence-electron chi connectivity index (χ1n) is 6.82. The summed E-state index contributed by atoms with van der Waals surface area (Å²) in [5.41, 5.74) is 7.16. The number of hydrogen-bond donors (Lipinski definition) is 0.